The number of carbonyl (C=O) groups excluding carboxylic acids is 2. The van der Waals surface area contributed by atoms with Gasteiger partial charge in [-0.1, -0.05) is 38.4 Å². The quantitative estimate of drug-likeness (QED) is 0.0842. The highest BCUT2D eigenvalue weighted by Crippen LogP contribution is 2.35. The number of nitrogens with one attached hydrogen (secondary N) is 2. The Morgan fingerprint density at radius 3 is 2.32 bits per heavy atom. The number of carboxylic acid groups (broad SMARTS) is 1. The number of carboxylic acids is 1. The van der Waals surface area contributed by atoms with Crippen molar-refractivity contribution >= 4 is 52.0 Å². The molecular formula is C46H64ClF2N10O4+. The molecule has 3 fully saturated rings. The van der Waals surface area contributed by atoms with Gasteiger partial charge in [-0.3, -0.25) is 19.4 Å². The van der Waals surface area contributed by atoms with Gasteiger partial charge in [0.05, 0.1) is 55.1 Å². The molecule has 63 heavy (non-hydrogen) atoms. The summed E-state index contributed by atoms with van der Waals surface area (Å²) in [5, 5.41) is 19.7. The number of allylic oxidation sites excluding steroid dienone is 3. The predicted molar refractivity (Wildman–Crippen MR) is 245 cm³/mol. The number of aromatic nitrogens is 3. The van der Waals surface area contributed by atoms with Gasteiger partial charge in [-0.15, -0.1) is 0 Å². The molecule has 342 valence electrons. The Kier molecular flexibility index (Phi) is 17.0. The van der Waals surface area contributed by atoms with E-state index in [1.54, 1.807) is 31.2 Å². The summed E-state index contributed by atoms with van der Waals surface area (Å²) < 4.78 is 31.4. The molecule has 0 saturated carbocycles. The average Bonchev–Trinajstić information content (AvgIpc) is 3.71. The highest BCUT2D eigenvalue weighted by atomic mass is 35.5. The maximum Gasteiger partial charge on any atom is 0.303 e. The van der Waals surface area contributed by atoms with E-state index in [2.05, 4.69) is 43.6 Å². The highest BCUT2D eigenvalue weighted by Gasteiger charge is 2.39. The maximum absolute atomic E-state index is 14.6. The van der Waals surface area contributed by atoms with Crippen molar-refractivity contribution in [3.05, 3.63) is 82.5 Å². The molecule has 0 radical (unpaired) electrons. The lowest BCUT2D eigenvalue weighted by atomic mass is 9.88. The number of piperidine rings is 1. The van der Waals surface area contributed by atoms with Gasteiger partial charge in [0.25, 0.3) is 17.7 Å². The maximum atomic E-state index is 14.6. The van der Waals surface area contributed by atoms with Crippen molar-refractivity contribution in [2.75, 3.05) is 76.5 Å². The van der Waals surface area contributed by atoms with Crippen molar-refractivity contribution in [2.24, 2.45) is 16.8 Å². The first kappa shape index (κ1) is 48.8. The van der Waals surface area contributed by atoms with Gasteiger partial charge < -0.3 is 35.8 Å². The molecule has 0 bridgehead atoms. The van der Waals surface area contributed by atoms with E-state index in [4.69, 9.17) is 17.3 Å². The van der Waals surface area contributed by atoms with Gasteiger partial charge in [-0.2, -0.15) is 13.9 Å². The van der Waals surface area contributed by atoms with Crippen molar-refractivity contribution in [2.45, 2.75) is 79.6 Å². The number of nitrogens with zero attached hydrogens (tertiary/aromatic N) is 7. The zero-order valence-electron chi connectivity index (χ0n) is 37.5. The number of nitrogens with two attached hydrogens (primary N) is 1. The Labute approximate surface area is 374 Å². The smallest absolute Gasteiger partial charge is 0.303 e. The van der Waals surface area contributed by atoms with Crippen LogP contribution in [0, 0.1) is 11.8 Å². The number of anilines is 2. The van der Waals surface area contributed by atoms with Crippen LogP contribution in [-0.4, -0.2) is 123 Å². The van der Waals surface area contributed by atoms with E-state index in [9.17, 15) is 28.3 Å². The van der Waals surface area contributed by atoms with Gasteiger partial charge in [-0.25, -0.2) is 9.67 Å². The molecule has 0 atom stereocenters. The Balaban J connectivity index is 0.00000369. The minimum Gasteiger partial charge on any atom is -0.481 e. The first-order valence-electron chi connectivity index (χ1n) is 22.1. The molecular weight excluding hydrogens is 830 g/mol. The molecule has 0 unspecified atom stereocenters. The molecule has 5 N–H and O–H groups in total. The standard InChI is InChI=1S/C44H57ClF2N10O4.C2H6/c1-5-7-38(32-13-20-57(21-14-32,19-6-8-40(58)59)28-31-24-49-25-31)54-15-17-55(18-16-54)43(61)35-11-10-34(22-37(35)45)52-42(60)30(3)50-23-29(2)36-27-56(53-41(36)44(4,46)47)39-12-9-33(48)26-51-39;1-2/h7,9-12,22-23,26-27,31-32,49H,5-6,8,13-21,24-25,28,48H2,1-4H3,(H-,52,58,59,60,61);1-2H3/p+1/b29-23+,38-7?,50-30?;. The summed E-state index contributed by atoms with van der Waals surface area (Å²) in [6.45, 7) is 18.8. The van der Waals surface area contributed by atoms with Crippen LogP contribution in [-0.2, 0) is 15.5 Å². The number of rotatable bonds is 16. The van der Waals surface area contributed by atoms with Crippen LogP contribution in [0.5, 0.6) is 0 Å². The van der Waals surface area contributed by atoms with E-state index < -0.39 is 23.5 Å². The zero-order chi connectivity index (χ0) is 45.9. The average molecular weight is 895 g/mol. The summed E-state index contributed by atoms with van der Waals surface area (Å²) in [7, 11) is 0. The number of halogens is 3. The lowest BCUT2D eigenvalue weighted by Crippen LogP contribution is -2.60. The Morgan fingerprint density at radius 1 is 1.06 bits per heavy atom. The number of benzene rings is 1. The van der Waals surface area contributed by atoms with Crippen LogP contribution >= 0.6 is 11.6 Å². The number of hydrogen-bond donors (Lipinski definition) is 4. The minimum atomic E-state index is -3.26. The second kappa shape index (κ2) is 21.9. The van der Waals surface area contributed by atoms with Crippen molar-refractivity contribution in [1.82, 2.24) is 29.9 Å². The number of alkyl halides is 2. The van der Waals surface area contributed by atoms with E-state index in [-0.39, 0.29) is 28.6 Å². The molecule has 5 heterocycles. The summed E-state index contributed by atoms with van der Waals surface area (Å²) in [4.78, 5) is 50.8. The second-order valence-electron chi connectivity index (χ2n) is 16.7. The zero-order valence-corrected chi connectivity index (χ0v) is 38.2. The van der Waals surface area contributed by atoms with E-state index in [1.165, 1.54) is 42.0 Å². The molecule has 2 aromatic heterocycles. The molecule has 1 aromatic carbocycles. The molecule has 0 spiro atoms. The van der Waals surface area contributed by atoms with E-state index in [1.807, 2.05) is 18.7 Å². The topological polar surface area (TPSA) is 171 Å². The number of nitrogen functional groups attached to an aromatic ring is 1. The van der Waals surface area contributed by atoms with Gasteiger partial charge in [-0.05, 0) is 56.2 Å². The summed E-state index contributed by atoms with van der Waals surface area (Å²) >= 11 is 6.65. The van der Waals surface area contributed by atoms with Gasteiger partial charge >= 0.3 is 5.97 Å². The number of quaternary nitrogens is 1. The third kappa shape index (κ3) is 12.7. The van der Waals surface area contributed by atoms with Crippen LogP contribution in [0.4, 0.5) is 20.2 Å². The number of carbonyl (C=O) groups is 3. The van der Waals surface area contributed by atoms with Crippen LogP contribution in [0.3, 0.4) is 0 Å². The molecule has 3 aliphatic heterocycles. The summed E-state index contributed by atoms with van der Waals surface area (Å²) in [6.07, 6.45) is 10.5. The summed E-state index contributed by atoms with van der Waals surface area (Å²) in [5.74, 6) is -3.31. The molecule has 17 heteroatoms. The van der Waals surface area contributed by atoms with Crippen LogP contribution in [0.15, 0.2) is 65.7 Å². The number of aliphatic carboxylic acids is 1. The fourth-order valence-electron chi connectivity index (χ4n) is 8.55. The van der Waals surface area contributed by atoms with E-state index >= 15 is 0 Å². The first-order valence-corrected chi connectivity index (χ1v) is 22.5. The molecule has 3 aliphatic rings. The molecule has 0 aliphatic carbocycles. The van der Waals surface area contributed by atoms with Crippen LogP contribution < -0.4 is 16.4 Å². The molecule has 3 saturated heterocycles. The monoisotopic (exact) mass is 893 g/mol. The van der Waals surface area contributed by atoms with Crippen LogP contribution in [0.2, 0.25) is 5.02 Å². The van der Waals surface area contributed by atoms with Gasteiger partial charge in [0.2, 0.25) is 0 Å². The third-order valence-corrected chi connectivity index (χ3v) is 12.3. The van der Waals surface area contributed by atoms with Crippen molar-refractivity contribution in [1.29, 1.82) is 0 Å². The number of pyridine rings is 1. The van der Waals surface area contributed by atoms with Gasteiger partial charge in [0, 0.05) is 107 Å². The third-order valence-electron chi connectivity index (χ3n) is 12.0. The number of piperazine rings is 1. The molecule has 3 aromatic rings. The largest absolute Gasteiger partial charge is 0.481 e. The van der Waals surface area contributed by atoms with Crippen molar-refractivity contribution in [3.8, 4) is 5.82 Å². The SMILES string of the molecule is CC.CCC=C(C1CC[N+](CCCC(=O)O)(CC2CNC2)CC1)N1CCN(C(=O)c2ccc(NC(=O)C(C)=N/C=C(\C)c3cn(-c4ccc(N)cn4)nc3C(C)(F)F)cc2Cl)CC1. The highest BCUT2D eigenvalue weighted by molar-refractivity contribution is 6.42. The number of aliphatic imine (C=N–C) groups is 1. The first-order chi connectivity index (χ1) is 30.1. The van der Waals surface area contributed by atoms with Crippen LogP contribution in [0.25, 0.3) is 11.4 Å². The minimum absolute atomic E-state index is 0.0657. The normalized spacial score (nSPS) is 20.1. The summed E-state index contributed by atoms with van der Waals surface area (Å²) in [6, 6.07) is 7.91. The predicted octanol–water partition coefficient (Wildman–Crippen LogP) is 7.46. The molecule has 2 amide bonds. The molecule has 14 nitrogen and oxygen atoms in total. The Hall–Kier alpha value is -5.19. The number of likely N-dealkylation sites (tertiary alicyclic amines) is 1. The molecule has 6 rings (SSSR count). The van der Waals surface area contributed by atoms with Gasteiger partial charge in [0.15, 0.2) is 5.82 Å². The lowest BCUT2D eigenvalue weighted by Gasteiger charge is -2.49. The van der Waals surface area contributed by atoms with Crippen molar-refractivity contribution < 1.29 is 32.8 Å². The van der Waals surface area contributed by atoms with Gasteiger partial charge in [0.1, 0.15) is 11.4 Å². The number of amides is 2. The summed E-state index contributed by atoms with van der Waals surface area (Å²) in [5.41, 5.74) is 8.30. The fourth-order valence-corrected chi connectivity index (χ4v) is 8.81. The van der Waals surface area contributed by atoms with Crippen molar-refractivity contribution in [3.63, 3.8) is 0 Å². The van der Waals surface area contributed by atoms with E-state index in [0.29, 0.717) is 72.8 Å². The Morgan fingerprint density at radius 2 is 1.75 bits per heavy atom. The Bertz CT molecular complexity index is 2150. The lowest BCUT2D eigenvalue weighted by molar-refractivity contribution is -0.936. The number of hydrogen-bond acceptors (Lipinski definition) is 9. The fraction of sp³-hybridized carbons (Fsp3) is 0.522. The van der Waals surface area contributed by atoms with Crippen LogP contribution in [0.1, 0.15) is 95.3 Å². The van der Waals surface area contributed by atoms with E-state index in [0.717, 1.165) is 69.9 Å². The second-order valence-corrected chi connectivity index (χ2v) is 17.1.